The Balaban J connectivity index is 1.86. The number of pyridine rings is 1. The maximum atomic E-state index is 12.6. The Morgan fingerprint density at radius 1 is 1.46 bits per heavy atom. The van der Waals surface area contributed by atoms with Crippen molar-refractivity contribution in [2.45, 2.75) is 33.0 Å². The molecule has 0 spiro atoms. The van der Waals surface area contributed by atoms with Crippen LogP contribution < -0.4 is 5.32 Å². The average molecular weight is 371 g/mol. The lowest BCUT2D eigenvalue weighted by molar-refractivity contribution is -0.146. The monoisotopic (exact) mass is 371 g/mol. The van der Waals surface area contributed by atoms with E-state index in [4.69, 9.17) is 0 Å². The van der Waals surface area contributed by atoms with Gasteiger partial charge in [0.05, 0.1) is 18.8 Å². The second kappa shape index (κ2) is 9.21. The van der Waals surface area contributed by atoms with Gasteiger partial charge >= 0.3 is 6.18 Å². The fourth-order valence-corrected chi connectivity index (χ4v) is 3.30. The average Bonchev–Trinajstić information content (AvgIpc) is 3.03. The van der Waals surface area contributed by atoms with Crippen LogP contribution in [0.2, 0.25) is 0 Å². The largest absolute Gasteiger partial charge is 0.401 e. The molecule has 1 N–H and O–H groups in total. The minimum atomic E-state index is -4.15. The number of likely N-dealkylation sites (tertiary alicyclic amines) is 1. The first-order chi connectivity index (χ1) is 12.3. The normalized spacial score (nSPS) is 18.7. The van der Waals surface area contributed by atoms with Gasteiger partial charge in [-0.05, 0) is 37.4 Å². The molecule has 1 fully saturated rings. The van der Waals surface area contributed by atoms with E-state index in [0.29, 0.717) is 19.6 Å². The Morgan fingerprint density at radius 3 is 2.85 bits per heavy atom. The number of nitrogens with one attached hydrogen (secondary N) is 1. The van der Waals surface area contributed by atoms with Crippen molar-refractivity contribution in [3.63, 3.8) is 0 Å². The Labute approximate surface area is 153 Å². The van der Waals surface area contributed by atoms with Crippen molar-refractivity contribution in [2.75, 3.05) is 39.8 Å². The van der Waals surface area contributed by atoms with Gasteiger partial charge in [0, 0.05) is 32.9 Å². The summed E-state index contributed by atoms with van der Waals surface area (Å²) in [5.74, 6) is 0.990. The van der Waals surface area contributed by atoms with Crippen molar-refractivity contribution in [1.82, 2.24) is 20.1 Å². The predicted octanol–water partition coefficient (Wildman–Crippen LogP) is 2.67. The molecular formula is C18H28F3N5. The molecule has 5 nitrogen and oxygen atoms in total. The molecule has 0 amide bonds. The summed E-state index contributed by atoms with van der Waals surface area (Å²) in [6.45, 7) is 5.91. The molecule has 2 heterocycles. The fourth-order valence-electron chi connectivity index (χ4n) is 3.30. The first-order valence-corrected chi connectivity index (χ1v) is 8.97. The predicted molar refractivity (Wildman–Crippen MR) is 97.0 cm³/mol. The third-order valence-corrected chi connectivity index (χ3v) is 4.70. The van der Waals surface area contributed by atoms with Crippen LogP contribution in [0.5, 0.6) is 0 Å². The summed E-state index contributed by atoms with van der Waals surface area (Å²) >= 11 is 0. The van der Waals surface area contributed by atoms with E-state index in [-0.39, 0.29) is 5.92 Å². The van der Waals surface area contributed by atoms with Crippen molar-refractivity contribution >= 4 is 5.96 Å². The molecule has 1 atom stereocenters. The number of hydrogen-bond donors (Lipinski definition) is 1. The maximum absolute atomic E-state index is 12.6. The summed E-state index contributed by atoms with van der Waals surface area (Å²) in [6.07, 6.45) is -1.51. The van der Waals surface area contributed by atoms with E-state index in [2.05, 4.69) is 20.2 Å². The lowest BCUT2D eigenvalue weighted by Crippen LogP contribution is -2.41. The zero-order valence-electron chi connectivity index (χ0n) is 15.7. The van der Waals surface area contributed by atoms with Gasteiger partial charge in [-0.15, -0.1) is 0 Å². The maximum Gasteiger partial charge on any atom is 0.401 e. The molecule has 1 aliphatic rings. The van der Waals surface area contributed by atoms with Gasteiger partial charge in [0.15, 0.2) is 5.96 Å². The highest BCUT2D eigenvalue weighted by Gasteiger charge is 2.33. The van der Waals surface area contributed by atoms with Crippen LogP contribution in [-0.2, 0) is 6.54 Å². The van der Waals surface area contributed by atoms with Crippen molar-refractivity contribution in [1.29, 1.82) is 0 Å². The van der Waals surface area contributed by atoms with Crippen LogP contribution in [0, 0.1) is 12.8 Å². The molecule has 1 aromatic rings. The van der Waals surface area contributed by atoms with Gasteiger partial charge < -0.3 is 10.2 Å². The van der Waals surface area contributed by atoms with E-state index >= 15 is 0 Å². The molecule has 1 aromatic heterocycles. The number of guanidine groups is 1. The smallest absolute Gasteiger partial charge is 0.351 e. The van der Waals surface area contributed by atoms with E-state index in [1.54, 1.807) is 20.2 Å². The topological polar surface area (TPSA) is 43.8 Å². The second-order valence-electron chi connectivity index (χ2n) is 6.71. The molecule has 146 valence electrons. The van der Waals surface area contributed by atoms with Gasteiger partial charge in [0.1, 0.15) is 0 Å². The van der Waals surface area contributed by atoms with Gasteiger partial charge in [0.25, 0.3) is 0 Å². The minimum Gasteiger partial charge on any atom is -0.351 e. The van der Waals surface area contributed by atoms with Crippen LogP contribution >= 0.6 is 0 Å². The number of aryl methyl sites for hydroxylation is 1. The molecule has 0 aliphatic carbocycles. The number of halogens is 3. The summed E-state index contributed by atoms with van der Waals surface area (Å²) in [5, 5.41) is 3.31. The standard InChI is InChI=1S/C18H28F3N5/c1-4-25(13-18(19,20)21)11-15-7-9-26(12-15)17(22-3)24-10-16-14(2)6-5-8-23-16/h5-6,8,15H,4,7,9-13H2,1-3H3,(H,22,24). The molecule has 2 rings (SSSR count). The van der Waals surface area contributed by atoms with E-state index in [0.717, 1.165) is 36.7 Å². The van der Waals surface area contributed by atoms with Crippen LogP contribution in [-0.4, -0.2) is 66.7 Å². The van der Waals surface area contributed by atoms with Gasteiger partial charge in [-0.3, -0.25) is 14.9 Å². The number of hydrogen-bond acceptors (Lipinski definition) is 3. The molecule has 1 unspecified atom stereocenters. The van der Waals surface area contributed by atoms with E-state index in [1.807, 2.05) is 19.1 Å². The third-order valence-electron chi connectivity index (χ3n) is 4.70. The molecule has 1 saturated heterocycles. The minimum absolute atomic E-state index is 0.215. The number of nitrogens with zero attached hydrogens (tertiary/aromatic N) is 4. The zero-order chi connectivity index (χ0) is 19.2. The summed E-state index contributed by atoms with van der Waals surface area (Å²) in [4.78, 5) is 12.3. The first kappa shape index (κ1) is 20.5. The van der Waals surface area contributed by atoms with Crippen molar-refractivity contribution < 1.29 is 13.2 Å². The number of aliphatic imine (C=N–C) groups is 1. The Kier molecular flexibility index (Phi) is 7.25. The molecular weight excluding hydrogens is 343 g/mol. The molecule has 0 radical (unpaired) electrons. The van der Waals surface area contributed by atoms with Gasteiger partial charge in [-0.2, -0.15) is 13.2 Å². The van der Waals surface area contributed by atoms with Crippen LogP contribution in [0.4, 0.5) is 13.2 Å². The van der Waals surface area contributed by atoms with E-state index in [1.165, 1.54) is 4.90 Å². The fraction of sp³-hybridized carbons (Fsp3) is 0.667. The highest BCUT2D eigenvalue weighted by molar-refractivity contribution is 5.80. The number of rotatable bonds is 6. The molecule has 0 aromatic carbocycles. The van der Waals surface area contributed by atoms with Gasteiger partial charge in [0.2, 0.25) is 0 Å². The van der Waals surface area contributed by atoms with Gasteiger partial charge in [-0.1, -0.05) is 13.0 Å². The molecule has 0 saturated carbocycles. The second-order valence-corrected chi connectivity index (χ2v) is 6.71. The van der Waals surface area contributed by atoms with Crippen LogP contribution in [0.15, 0.2) is 23.3 Å². The molecule has 1 aliphatic heterocycles. The van der Waals surface area contributed by atoms with Crippen molar-refractivity contribution in [2.24, 2.45) is 10.9 Å². The highest BCUT2D eigenvalue weighted by Crippen LogP contribution is 2.21. The third kappa shape index (κ3) is 6.16. The zero-order valence-corrected chi connectivity index (χ0v) is 15.7. The summed E-state index contributed by atoms with van der Waals surface area (Å²) < 4.78 is 37.9. The quantitative estimate of drug-likeness (QED) is 0.617. The Bertz CT molecular complexity index is 603. The summed E-state index contributed by atoms with van der Waals surface area (Å²) in [7, 11) is 1.73. The lowest BCUT2D eigenvalue weighted by atomic mass is 10.1. The molecule has 26 heavy (non-hydrogen) atoms. The van der Waals surface area contributed by atoms with Crippen LogP contribution in [0.25, 0.3) is 0 Å². The van der Waals surface area contributed by atoms with Crippen LogP contribution in [0.1, 0.15) is 24.6 Å². The number of aromatic nitrogens is 1. The lowest BCUT2D eigenvalue weighted by Gasteiger charge is -2.26. The SMILES string of the molecule is CCN(CC1CCN(C(=NC)NCc2ncccc2C)C1)CC(F)(F)F. The Morgan fingerprint density at radius 2 is 2.23 bits per heavy atom. The highest BCUT2D eigenvalue weighted by atomic mass is 19.4. The van der Waals surface area contributed by atoms with E-state index < -0.39 is 12.7 Å². The number of alkyl halides is 3. The van der Waals surface area contributed by atoms with Crippen molar-refractivity contribution in [3.05, 3.63) is 29.6 Å². The first-order valence-electron chi connectivity index (χ1n) is 8.97. The van der Waals surface area contributed by atoms with Crippen LogP contribution in [0.3, 0.4) is 0 Å². The van der Waals surface area contributed by atoms with Crippen molar-refractivity contribution in [3.8, 4) is 0 Å². The summed E-state index contributed by atoms with van der Waals surface area (Å²) in [6, 6.07) is 3.91. The van der Waals surface area contributed by atoms with Gasteiger partial charge in [-0.25, -0.2) is 0 Å². The summed E-state index contributed by atoms with van der Waals surface area (Å²) in [5.41, 5.74) is 2.08. The van der Waals surface area contributed by atoms with E-state index in [9.17, 15) is 13.2 Å². The molecule has 0 bridgehead atoms. The Hall–Kier alpha value is -1.83. The molecule has 8 heteroatoms.